The smallest absolute Gasteiger partial charge is 0.220 e. The Kier molecular flexibility index (Phi) is 4.68. The van der Waals surface area contributed by atoms with Crippen LogP contribution in [0.5, 0.6) is 0 Å². The van der Waals surface area contributed by atoms with Gasteiger partial charge in [0.05, 0.1) is 11.8 Å². The summed E-state index contributed by atoms with van der Waals surface area (Å²) in [5.41, 5.74) is 1.19. The van der Waals surface area contributed by atoms with E-state index < -0.39 is 0 Å². The molecule has 2 fully saturated rings. The molecule has 24 heavy (non-hydrogen) atoms. The number of hydrogen-bond donors (Lipinski definition) is 1. The molecule has 2 aliphatic rings. The summed E-state index contributed by atoms with van der Waals surface area (Å²) in [6, 6.07) is 9.69. The van der Waals surface area contributed by atoms with E-state index in [1.807, 2.05) is 30.3 Å². The van der Waals surface area contributed by atoms with Gasteiger partial charge in [0.15, 0.2) is 0 Å². The molecule has 5 heteroatoms. The lowest BCUT2D eigenvalue weighted by molar-refractivity contribution is -0.133. The number of halogens is 1. The minimum Gasteiger partial charge on any atom is -0.493 e. The molecular weight excluding hydrogens is 324 g/mol. The lowest BCUT2D eigenvalue weighted by Crippen LogP contribution is -2.53. The first-order valence-electron chi connectivity index (χ1n) is 8.29. The fourth-order valence-corrected chi connectivity index (χ4v) is 3.93. The zero-order valence-corrected chi connectivity index (χ0v) is 14.7. The van der Waals surface area contributed by atoms with Gasteiger partial charge in [0.25, 0.3) is 0 Å². The topological polar surface area (TPSA) is 53.4 Å². The highest BCUT2D eigenvalue weighted by atomic mass is 35.5. The Morgan fingerprint density at radius 3 is 2.62 bits per heavy atom. The highest BCUT2D eigenvalue weighted by Crippen LogP contribution is 2.60. The van der Waals surface area contributed by atoms with Gasteiger partial charge in [-0.15, -0.1) is 0 Å². The molecule has 1 aliphatic heterocycles. The van der Waals surface area contributed by atoms with E-state index in [-0.39, 0.29) is 28.5 Å². The Bertz CT molecular complexity index is 655. The highest BCUT2D eigenvalue weighted by molar-refractivity contribution is 6.65. The Labute approximate surface area is 147 Å². The average molecular weight is 347 g/mol. The zero-order valence-electron chi connectivity index (χ0n) is 13.9. The third kappa shape index (κ3) is 3.34. The van der Waals surface area contributed by atoms with Crippen molar-refractivity contribution < 1.29 is 9.53 Å². The van der Waals surface area contributed by atoms with E-state index in [1.54, 1.807) is 4.90 Å². The van der Waals surface area contributed by atoms with Crippen LogP contribution in [0.2, 0.25) is 0 Å². The fourth-order valence-electron chi connectivity index (χ4n) is 3.74. The van der Waals surface area contributed by atoms with Gasteiger partial charge >= 0.3 is 0 Å². The fraction of sp³-hybridized carbons (Fsp3) is 0.474. The molecule has 0 bridgehead atoms. The zero-order chi connectivity index (χ0) is 17.3. The Morgan fingerprint density at radius 2 is 2.08 bits per heavy atom. The predicted octanol–water partition coefficient (Wildman–Crippen LogP) is 3.95. The van der Waals surface area contributed by atoms with Crippen molar-refractivity contribution in [1.29, 1.82) is 5.41 Å². The van der Waals surface area contributed by atoms with Crippen LogP contribution in [0, 0.1) is 16.7 Å². The van der Waals surface area contributed by atoms with Crippen LogP contribution >= 0.6 is 11.6 Å². The molecule has 1 aromatic rings. The van der Waals surface area contributed by atoms with Crippen LogP contribution < -0.4 is 0 Å². The standard InChI is InChI=1S/C19H23ClN2O2/c1-13(24-12-15-6-4-3-5-7-15)16-11-22(14(2)23)17(18(20)21)10-19(16)8-9-19/h3-7,16-17,21H,1,8-12H2,2H3/t16-,17+/m1/s1. The summed E-state index contributed by atoms with van der Waals surface area (Å²) in [4.78, 5) is 13.7. The highest BCUT2D eigenvalue weighted by Gasteiger charge is 2.57. The summed E-state index contributed by atoms with van der Waals surface area (Å²) >= 11 is 5.95. The third-order valence-corrected chi connectivity index (χ3v) is 5.59. The molecular formula is C19H23ClN2O2. The number of rotatable bonds is 5. The summed E-state index contributed by atoms with van der Waals surface area (Å²) in [5.74, 6) is 0.793. The molecule has 0 unspecified atom stereocenters. The second-order valence-electron chi connectivity index (χ2n) is 6.89. The molecule has 0 aromatic heterocycles. The Balaban J connectivity index is 1.71. The van der Waals surface area contributed by atoms with Crippen LogP contribution in [0.4, 0.5) is 0 Å². The number of nitrogens with zero attached hydrogens (tertiary/aromatic N) is 1. The normalized spacial score (nSPS) is 24.5. The third-order valence-electron chi connectivity index (χ3n) is 5.34. The number of piperidine rings is 1. The Morgan fingerprint density at radius 1 is 1.42 bits per heavy atom. The molecule has 1 heterocycles. The molecule has 1 aromatic carbocycles. The van der Waals surface area contributed by atoms with Crippen molar-refractivity contribution in [2.75, 3.05) is 6.54 Å². The van der Waals surface area contributed by atoms with Crippen molar-refractivity contribution in [3.63, 3.8) is 0 Å². The first-order chi connectivity index (χ1) is 11.4. The maximum absolute atomic E-state index is 12.0. The predicted molar refractivity (Wildman–Crippen MR) is 94.9 cm³/mol. The SMILES string of the molecule is C=C(OCc1ccccc1)[C@H]1CN(C(C)=O)[C@H](C(=N)Cl)CC12CC2. The van der Waals surface area contributed by atoms with Gasteiger partial charge in [-0.2, -0.15) is 0 Å². The number of carbonyl (C=O) groups excluding carboxylic acids is 1. The maximum atomic E-state index is 12.0. The van der Waals surface area contributed by atoms with E-state index in [2.05, 4.69) is 6.58 Å². The second-order valence-corrected chi connectivity index (χ2v) is 7.30. The number of benzene rings is 1. The summed E-state index contributed by atoms with van der Waals surface area (Å²) < 4.78 is 5.95. The van der Waals surface area contributed by atoms with E-state index in [0.717, 1.165) is 30.6 Å². The number of likely N-dealkylation sites (tertiary alicyclic amines) is 1. The summed E-state index contributed by atoms with van der Waals surface area (Å²) in [7, 11) is 0. The molecule has 1 amide bonds. The minimum absolute atomic E-state index is 0.0470. The quantitative estimate of drug-likeness (QED) is 0.648. The van der Waals surface area contributed by atoms with Crippen LogP contribution in [0.1, 0.15) is 31.7 Å². The lowest BCUT2D eigenvalue weighted by Gasteiger charge is -2.44. The molecule has 0 radical (unpaired) electrons. The molecule has 1 saturated carbocycles. The van der Waals surface area contributed by atoms with Crippen molar-refractivity contribution in [3.8, 4) is 0 Å². The van der Waals surface area contributed by atoms with Crippen LogP contribution in [0.25, 0.3) is 0 Å². The molecule has 1 aliphatic carbocycles. The van der Waals surface area contributed by atoms with E-state index in [9.17, 15) is 4.79 Å². The number of ether oxygens (including phenoxy) is 1. The van der Waals surface area contributed by atoms with Crippen LogP contribution in [0.15, 0.2) is 42.7 Å². The van der Waals surface area contributed by atoms with Gasteiger partial charge in [-0.1, -0.05) is 48.5 Å². The van der Waals surface area contributed by atoms with E-state index in [1.165, 1.54) is 6.92 Å². The van der Waals surface area contributed by atoms with E-state index >= 15 is 0 Å². The van der Waals surface area contributed by atoms with Crippen molar-refractivity contribution >= 4 is 22.7 Å². The molecule has 1 spiro atoms. The van der Waals surface area contributed by atoms with Gasteiger partial charge in [0.2, 0.25) is 5.91 Å². The van der Waals surface area contributed by atoms with Gasteiger partial charge in [-0.25, -0.2) is 0 Å². The largest absolute Gasteiger partial charge is 0.493 e. The van der Waals surface area contributed by atoms with E-state index in [0.29, 0.717) is 13.2 Å². The summed E-state index contributed by atoms with van der Waals surface area (Å²) in [5, 5.41) is 7.85. The van der Waals surface area contributed by atoms with Crippen molar-refractivity contribution in [3.05, 3.63) is 48.2 Å². The lowest BCUT2D eigenvalue weighted by atomic mass is 9.78. The van der Waals surface area contributed by atoms with Crippen molar-refractivity contribution in [2.24, 2.45) is 11.3 Å². The average Bonchev–Trinajstić information content (AvgIpc) is 3.32. The summed E-state index contributed by atoms with van der Waals surface area (Å²) in [6.07, 6.45) is 2.89. The molecule has 128 valence electrons. The molecule has 1 N–H and O–H groups in total. The van der Waals surface area contributed by atoms with Gasteiger partial charge in [0, 0.05) is 19.4 Å². The number of amides is 1. The maximum Gasteiger partial charge on any atom is 0.220 e. The number of nitrogens with one attached hydrogen (secondary N) is 1. The van der Waals surface area contributed by atoms with Crippen LogP contribution in [-0.4, -0.2) is 28.6 Å². The van der Waals surface area contributed by atoms with Crippen LogP contribution in [0.3, 0.4) is 0 Å². The van der Waals surface area contributed by atoms with Gasteiger partial charge < -0.3 is 9.64 Å². The van der Waals surface area contributed by atoms with Crippen LogP contribution in [-0.2, 0) is 16.1 Å². The Hall–Kier alpha value is -1.81. The number of hydrogen-bond acceptors (Lipinski definition) is 3. The molecule has 2 atom stereocenters. The monoisotopic (exact) mass is 346 g/mol. The van der Waals surface area contributed by atoms with Crippen molar-refractivity contribution in [1.82, 2.24) is 4.90 Å². The number of carbonyl (C=O) groups is 1. The van der Waals surface area contributed by atoms with Gasteiger partial charge in [-0.3, -0.25) is 10.2 Å². The minimum atomic E-state index is -0.301. The second kappa shape index (κ2) is 6.60. The molecule has 1 saturated heterocycles. The van der Waals surface area contributed by atoms with Gasteiger partial charge in [-0.05, 0) is 30.2 Å². The van der Waals surface area contributed by atoms with E-state index in [4.69, 9.17) is 21.7 Å². The first-order valence-corrected chi connectivity index (χ1v) is 8.67. The first kappa shape index (κ1) is 17.0. The van der Waals surface area contributed by atoms with Gasteiger partial charge in [0.1, 0.15) is 11.8 Å². The summed E-state index contributed by atoms with van der Waals surface area (Å²) in [6.45, 7) is 6.69. The molecule has 3 rings (SSSR count). The van der Waals surface area contributed by atoms with Crippen molar-refractivity contribution in [2.45, 2.75) is 38.8 Å². The molecule has 4 nitrogen and oxygen atoms in total.